The summed E-state index contributed by atoms with van der Waals surface area (Å²) in [6.45, 7) is 0.830. The van der Waals surface area contributed by atoms with Gasteiger partial charge in [0.2, 0.25) is 5.91 Å². The molecule has 0 aliphatic rings. The minimum Gasteiger partial charge on any atom is -0.325 e. The van der Waals surface area contributed by atoms with Gasteiger partial charge in [0, 0.05) is 6.42 Å². The fourth-order valence-corrected chi connectivity index (χ4v) is 1.57. The van der Waals surface area contributed by atoms with E-state index in [0.717, 1.165) is 13.0 Å². The summed E-state index contributed by atoms with van der Waals surface area (Å²) >= 11 is 0. The van der Waals surface area contributed by atoms with Crippen LogP contribution in [0.1, 0.15) is 12.8 Å². The van der Waals surface area contributed by atoms with Crippen LogP contribution in [0.15, 0.2) is 31.0 Å². The van der Waals surface area contributed by atoms with Crippen molar-refractivity contribution in [2.24, 2.45) is 0 Å². The Hall–Kier alpha value is -2.28. The molecule has 0 radical (unpaired) electrons. The Bertz CT molecular complexity index is 508. The lowest BCUT2D eigenvalue weighted by atomic mass is 10.3. The summed E-state index contributed by atoms with van der Waals surface area (Å²) in [7, 11) is 1.87. The van der Waals surface area contributed by atoms with Gasteiger partial charge >= 0.3 is 0 Å². The van der Waals surface area contributed by atoms with E-state index in [4.69, 9.17) is 0 Å². The molecule has 19 heavy (non-hydrogen) atoms. The van der Waals surface area contributed by atoms with Crippen LogP contribution < -0.4 is 10.6 Å². The number of pyridine rings is 1. The van der Waals surface area contributed by atoms with E-state index in [2.05, 4.69) is 25.7 Å². The summed E-state index contributed by atoms with van der Waals surface area (Å²) in [6, 6.07) is 3.57. The SMILES string of the molecule is CNCCCC(=O)Nc1ccc(-n2cncn2)nc1. The van der Waals surface area contributed by atoms with Gasteiger partial charge in [0.05, 0.1) is 11.9 Å². The highest BCUT2D eigenvalue weighted by atomic mass is 16.1. The number of carbonyl (C=O) groups is 1. The molecule has 2 rings (SSSR count). The van der Waals surface area contributed by atoms with Crippen molar-refractivity contribution in [3.8, 4) is 5.82 Å². The van der Waals surface area contributed by atoms with Gasteiger partial charge < -0.3 is 10.6 Å². The average molecular weight is 260 g/mol. The van der Waals surface area contributed by atoms with Gasteiger partial charge in [0.25, 0.3) is 0 Å². The third kappa shape index (κ3) is 3.85. The van der Waals surface area contributed by atoms with Crippen molar-refractivity contribution in [2.45, 2.75) is 12.8 Å². The third-order valence-corrected chi connectivity index (χ3v) is 2.52. The first-order valence-corrected chi connectivity index (χ1v) is 6.05. The molecule has 0 aliphatic carbocycles. The van der Waals surface area contributed by atoms with Crippen LogP contribution in [0.3, 0.4) is 0 Å². The molecule has 0 aromatic carbocycles. The predicted molar refractivity (Wildman–Crippen MR) is 70.9 cm³/mol. The van der Waals surface area contributed by atoms with Crippen molar-refractivity contribution in [2.75, 3.05) is 18.9 Å². The van der Waals surface area contributed by atoms with E-state index >= 15 is 0 Å². The van der Waals surface area contributed by atoms with Crippen LogP contribution in [-0.4, -0.2) is 39.2 Å². The maximum absolute atomic E-state index is 11.6. The first kappa shape index (κ1) is 13.2. The Morgan fingerprint density at radius 3 is 2.95 bits per heavy atom. The monoisotopic (exact) mass is 260 g/mol. The standard InChI is InChI=1S/C12H16N6O/c1-13-6-2-3-12(19)17-10-4-5-11(15-7-10)18-9-14-8-16-18/h4-5,7-9,13H,2-3,6H2,1H3,(H,17,19). The van der Waals surface area contributed by atoms with Gasteiger partial charge in [0.1, 0.15) is 12.7 Å². The molecule has 0 atom stereocenters. The molecule has 0 saturated carbocycles. The molecule has 0 spiro atoms. The number of aromatic nitrogens is 4. The molecule has 2 heterocycles. The van der Waals surface area contributed by atoms with E-state index in [1.807, 2.05) is 7.05 Å². The molecular formula is C12H16N6O. The molecule has 0 fully saturated rings. The maximum atomic E-state index is 11.6. The lowest BCUT2D eigenvalue weighted by molar-refractivity contribution is -0.116. The first-order chi connectivity index (χ1) is 9.29. The zero-order valence-electron chi connectivity index (χ0n) is 10.7. The number of nitrogens with zero attached hydrogens (tertiary/aromatic N) is 4. The second-order valence-electron chi connectivity index (χ2n) is 4.00. The van der Waals surface area contributed by atoms with Gasteiger partial charge in [-0.3, -0.25) is 4.79 Å². The number of carbonyl (C=O) groups excluding carboxylic acids is 1. The zero-order valence-corrected chi connectivity index (χ0v) is 10.7. The van der Waals surface area contributed by atoms with Crippen LogP contribution >= 0.6 is 0 Å². The maximum Gasteiger partial charge on any atom is 0.224 e. The van der Waals surface area contributed by atoms with Gasteiger partial charge in [-0.15, -0.1) is 0 Å². The molecule has 2 aromatic rings. The first-order valence-electron chi connectivity index (χ1n) is 6.05. The van der Waals surface area contributed by atoms with Crippen molar-refractivity contribution in [3.63, 3.8) is 0 Å². The summed E-state index contributed by atoms with van der Waals surface area (Å²) < 4.78 is 1.55. The van der Waals surface area contributed by atoms with Crippen LogP contribution in [0.5, 0.6) is 0 Å². The summed E-state index contributed by atoms with van der Waals surface area (Å²) in [6.07, 6.45) is 5.92. The fraction of sp³-hybridized carbons (Fsp3) is 0.333. The molecule has 7 nitrogen and oxygen atoms in total. The highest BCUT2D eigenvalue weighted by Gasteiger charge is 2.03. The lowest BCUT2D eigenvalue weighted by Crippen LogP contribution is -2.15. The summed E-state index contributed by atoms with van der Waals surface area (Å²) in [4.78, 5) is 19.7. The Balaban J connectivity index is 1.90. The molecule has 100 valence electrons. The molecular weight excluding hydrogens is 244 g/mol. The van der Waals surface area contributed by atoms with E-state index in [1.54, 1.807) is 29.3 Å². The van der Waals surface area contributed by atoms with Gasteiger partial charge in [-0.05, 0) is 32.1 Å². The predicted octanol–water partition coefficient (Wildman–Crippen LogP) is 0.600. The fourth-order valence-electron chi connectivity index (χ4n) is 1.57. The number of amides is 1. The van der Waals surface area contributed by atoms with Crippen molar-refractivity contribution >= 4 is 11.6 Å². The van der Waals surface area contributed by atoms with Crippen molar-refractivity contribution < 1.29 is 4.79 Å². The number of hydrogen-bond donors (Lipinski definition) is 2. The quantitative estimate of drug-likeness (QED) is 0.743. The van der Waals surface area contributed by atoms with Gasteiger partial charge in [-0.25, -0.2) is 14.6 Å². The van der Waals surface area contributed by atoms with Crippen molar-refractivity contribution in [1.82, 2.24) is 25.1 Å². The van der Waals surface area contributed by atoms with E-state index in [0.29, 0.717) is 17.9 Å². The van der Waals surface area contributed by atoms with Crippen LogP contribution in [0.4, 0.5) is 5.69 Å². The molecule has 7 heteroatoms. The Kier molecular flexibility index (Phi) is 4.57. The van der Waals surface area contributed by atoms with Gasteiger partial charge in [0.15, 0.2) is 5.82 Å². The third-order valence-electron chi connectivity index (χ3n) is 2.52. The normalized spacial score (nSPS) is 10.4. The second-order valence-corrected chi connectivity index (χ2v) is 4.00. The van der Waals surface area contributed by atoms with Crippen molar-refractivity contribution in [3.05, 3.63) is 31.0 Å². The van der Waals surface area contributed by atoms with Crippen LogP contribution in [0, 0.1) is 0 Å². The summed E-state index contributed by atoms with van der Waals surface area (Å²) in [5, 5.41) is 9.78. The largest absolute Gasteiger partial charge is 0.325 e. The molecule has 2 aromatic heterocycles. The minimum absolute atomic E-state index is 0.00874. The zero-order chi connectivity index (χ0) is 13.5. The summed E-state index contributed by atoms with van der Waals surface area (Å²) in [5.41, 5.74) is 0.679. The Labute approximate surface area is 111 Å². The second kappa shape index (κ2) is 6.60. The van der Waals surface area contributed by atoms with Crippen LogP contribution in [0.25, 0.3) is 5.82 Å². The van der Waals surface area contributed by atoms with E-state index in [9.17, 15) is 4.79 Å². The molecule has 1 amide bonds. The number of rotatable bonds is 6. The van der Waals surface area contributed by atoms with Crippen LogP contribution in [-0.2, 0) is 4.79 Å². The highest BCUT2D eigenvalue weighted by molar-refractivity contribution is 5.90. The molecule has 2 N–H and O–H groups in total. The summed E-state index contributed by atoms with van der Waals surface area (Å²) in [5.74, 6) is 0.649. The Morgan fingerprint density at radius 2 is 2.32 bits per heavy atom. The van der Waals surface area contributed by atoms with E-state index in [-0.39, 0.29) is 5.91 Å². The van der Waals surface area contributed by atoms with E-state index < -0.39 is 0 Å². The number of hydrogen-bond acceptors (Lipinski definition) is 5. The Morgan fingerprint density at radius 1 is 1.42 bits per heavy atom. The minimum atomic E-state index is -0.00874. The molecule has 0 unspecified atom stereocenters. The topological polar surface area (TPSA) is 84.7 Å². The van der Waals surface area contributed by atoms with Crippen LogP contribution in [0.2, 0.25) is 0 Å². The molecule has 0 saturated heterocycles. The van der Waals surface area contributed by atoms with Crippen molar-refractivity contribution in [1.29, 1.82) is 0 Å². The lowest BCUT2D eigenvalue weighted by Gasteiger charge is -2.05. The average Bonchev–Trinajstić information content (AvgIpc) is 2.94. The number of anilines is 1. The van der Waals surface area contributed by atoms with Gasteiger partial charge in [-0.1, -0.05) is 0 Å². The molecule has 0 bridgehead atoms. The smallest absolute Gasteiger partial charge is 0.224 e. The molecule has 0 aliphatic heterocycles. The van der Waals surface area contributed by atoms with Gasteiger partial charge in [-0.2, -0.15) is 5.10 Å². The van der Waals surface area contributed by atoms with E-state index in [1.165, 1.54) is 6.33 Å². The number of nitrogens with one attached hydrogen (secondary N) is 2. The highest BCUT2D eigenvalue weighted by Crippen LogP contribution is 2.09.